The molecule has 37 heavy (non-hydrogen) atoms. The molecule has 0 bridgehead atoms. The number of hydrogen-bond acceptors (Lipinski definition) is 5. The molecule has 0 radical (unpaired) electrons. The van der Waals surface area contributed by atoms with Gasteiger partial charge in [0.15, 0.2) is 0 Å². The van der Waals surface area contributed by atoms with Crippen LogP contribution in [0.4, 0.5) is 4.39 Å². The van der Waals surface area contributed by atoms with Gasteiger partial charge in [-0.2, -0.15) is 0 Å². The van der Waals surface area contributed by atoms with Crippen molar-refractivity contribution >= 4 is 10.9 Å². The summed E-state index contributed by atoms with van der Waals surface area (Å²) >= 11 is 0. The number of nitrogens with zero attached hydrogens (tertiary/aromatic N) is 2. The molecule has 4 aliphatic rings. The first-order valence-electron chi connectivity index (χ1n) is 14.6. The van der Waals surface area contributed by atoms with Gasteiger partial charge in [0.1, 0.15) is 11.6 Å². The molecule has 6 rings (SSSR count). The van der Waals surface area contributed by atoms with E-state index in [0.29, 0.717) is 29.6 Å². The van der Waals surface area contributed by atoms with Crippen LogP contribution in [-0.4, -0.2) is 43.6 Å². The number of fused-ring (bicyclic) bond motifs is 6. The Morgan fingerprint density at radius 2 is 1.86 bits per heavy atom. The fourth-order valence-corrected chi connectivity index (χ4v) is 9.85. The first-order valence-corrected chi connectivity index (χ1v) is 14.6. The molecule has 0 spiro atoms. The summed E-state index contributed by atoms with van der Waals surface area (Å²) in [5, 5.41) is 34.3. The summed E-state index contributed by atoms with van der Waals surface area (Å²) in [6, 6.07) is 4.62. The second-order valence-corrected chi connectivity index (χ2v) is 13.5. The van der Waals surface area contributed by atoms with Gasteiger partial charge in [-0.3, -0.25) is 0 Å². The summed E-state index contributed by atoms with van der Waals surface area (Å²) in [5.74, 6) is 2.56. The van der Waals surface area contributed by atoms with Crippen LogP contribution in [0.3, 0.4) is 0 Å². The van der Waals surface area contributed by atoms with Gasteiger partial charge in [0.05, 0.1) is 23.8 Å². The lowest BCUT2D eigenvalue weighted by Gasteiger charge is -2.63. The van der Waals surface area contributed by atoms with Crippen LogP contribution in [0.15, 0.2) is 24.4 Å². The van der Waals surface area contributed by atoms with Gasteiger partial charge in [0.2, 0.25) is 0 Å². The summed E-state index contributed by atoms with van der Waals surface area (Å²) in [6.07, 6.45) is 8.83. The number of aliphatic hydroxyl groups is 3. The van der Waals surface area contributed by atoms with Crippen LogP contribution in [0.1, 0.15) is 78.0 Å². The first-order chi connectivity index (χ1) is 17.6. The van der Waals surface area contributed by atoms with E-state index in [1.807, 2.05) is 0 Å². The van der Waals surface area contributed by atoms with Crippen LogP contribution in [-0.2, 0) is 6.42 Å². The summed E-state index contributed by atoms with van der Waals surface area (Å²) in [7, 11) is 0. The van der Waals surface area contributed by atoms with Crippen molar-refractivity contribution in [2.75, 3.05) is 0 Å². The second-order valence-electron chi connectivity index (χ2n) is 13.5. The molecule has 202 valence electrons. The van der Waals surface area contributed by atoms with Crippen LogP contribution < -0.4 is 0 Å². The molecule has 2 aromatic rings. The molecule has 5 nitrogen and oxygen atoms in total. The van der Waals surface area contributed by atoms with E-state index in [1.165, 1.54) is 12.1 Å². The molecule has 1 heterocycles. The van der Waals surface area contributed by atoms with Crippen molar-refractivity contribution in [3.05, 3.63) is 36.0 Å². The van der Waals surface area contributed by atoms with E-state index in [-0.39, 0.29) is 40.9 Å². The fourth-order valence-electron chi connectivity index (χ4n) is 9.85. The number of aliphatic hydroxyl groups excluding tert-OH is 3. The van der Waals surface area contributed by atoms with Gasteiger partial charge in [-0.25, -0.2) is 14.4 Å². The van der Waals surface area contributed by atoms with E-state index in [9.17, 15) is 19.7 Å². The van der Waals surface area contributed by atoms with Crippen molar-refractivity contribution in [2.45, 2.75) is 96.9 Å². The first kappa shape index (κ1) is 25.6. The molecule has 1 aromatic carbocycles. The van der Waals surface area contributed by atoms with Crippen LogP contribution in [0.25, 0.3) is 10.9 Å². The SMILES string of the molecule is C[C@H](CCc1ncc2cc(F)ccc2n1)[C@H]1CC[C@H]2[C@H]3C(C[C@H](O)[C@]12C)[C@@]1(C)CC[C@@H](O)C[C@H]1C[C@H]3O. The molecule has 4 aliphatic carbocycles. The Kier molecular flexibility index (Phi) is 6.40. The monoisotopic (exact) mass is 510 g/mol. The third kappa shape index (κ3) is 4.04. The highest BCUT2D eigenvalue weighted by molar-refractivity contribution is 5.77. The number of halogens is 1. The summed E-state index contributed by atoms with van der Waals surface area (Å²) in [6.45, 7) is 7.00. The molecule has 1 unspecified atom stereocenters. The molecular weight excluding hydrogens is 467 g/mol. The molecule has 0 amide bonds. The van der Waals surface area contributed by atoms with Gasteiger partial charge in [-0.05, 0) is 116 Å². The molecule has 0 aliphatic heterocycles. The van der Waals surface area contributed by atoms with Crippen LogP contribution in [0, 0.1) is 52.2 Å². The number of hydrogen-bond donors (Lipinski definition) is 3. The highest BCUT2D eigenvalue weighted by Crippen LogP contribution is 2.68. The second kappa shape index (κ2) is 9.24. The average molecular weight is 511 g/mol. The number of benzene rings is 1. The van der Waals surface area contributed by atoms with Gasteiger partial charge in [0, 0.05) is 18.0 Å². The average Bonchev–Trinajstić information content (AvgIpc) is 3.22. The highest BCUT2D eigenvalue weighted by atomic mass is 19.1. The maximum atomic E-state index is 13.5. The van der Waals surface area contributed by atoms with Crippen molar-refractivity contribution in [1.29, 1.82) is 0 Å². The Bertz CT molecular complexity index is 1160. The number of aryl methyl sites for hydroxylation is 1. The largest absolute Gasteiger partial charge is 0.393 e. The number of aromatic nitrogens is 2. The van der Waals surface area contributed by atoms with E-state index in [2.05, 4.69) is 30.7 Å². The van der Waals surface area contributed by atoms with E-state index in [0.717, 1.165) is 74.5 Å². The Labute approximate surface area is 219 Å². The Hall–Kier alpha value is -1.63. The molecule has 0 saturated heterocycles. The van der Waals surface area contributed by atoms with E-state index in [4.69, 9.17) is 0 Å². The predicted octanol–water partition coefficient (Wildman–Crippen LogP) is 5.30. The Balaban J connectivity index is 1.19. The van der Waals surface area contributed by atoms with Gasteiger partial charge in [-0.15, -0.1) is 0 Å². The zero-order chi connectivity index (χ0) is 26.1. The molecule has 6 heteroatoms. The lowest BCUT2D eigenvalue weighted by Crippen LogP contribution is -2.62. The normalized spacial score (nSPS) is 44.2. The van der Waals surface area contributed by atoms with E-state index in [1.54, 1.807) is 12.3 Å². The predicted molar refractivity (Wildman–Crippen MR) is 141 cm³/mol. The Morgan fingerprint density at radius 1 is 1.05 bits per heavy atom. The van der Waals surface area contributed by atoms with Gasteiger partial charge >= 0.3 is 0 Å². The van der Waals surface area contributed by atoms with E-state index < -0.39 is 0 Å². The molecule has 4 saturated carbocycles. The smallest absolute Gasteiger partial charge is 0.128 e. The number of rotatable bonds is 4. The third-order valence-electron chi connectivity index (χ3n) is 11.9. The van der Waals surface area contributed by atoms with Crippen molar-refractivity contribution in [3.8, 4) is 0 Å². The van der Waals surface area contributed by atoms with Gasteiger partial charge < -0.3 is 15.3 Å². The van der Waals surface area contributed by atoms with Crippen LogP contribution in [0.2, 0.25) is 0 Å². The van der Waals surface area contributed by atoms with Crippen molar-refractivity contribution in [1.82, 2.24) is 9.97 Å². The van der Waals surface area contributed by atoms with Crippen molar-refractivity contribution in [3.63, 3.8) is 0 Å². The van der Waals surface area contributed by atoms with Crippen molar-refractivity contribution < 1.29 is 19.7 Å². The van der Waals surface area contributed by atoms with Gasteiger partial charge in [0.25, 0.3) is 0 Å². The van der Waals surface area contributed by atoms with Crippen LogP contribution in [0.5, 0.6) is 0 Å². The highest BCUT2D eigenvalue weighted by Gasteiger charge is 2.65. The van der Waals surface area contributed by atoms with E-state index >= 15 is 0 Å². The summed E-state index contributed by atoms with van der Waals surface area (Å²) in [5.41, 5.74) is 0.681. The molecular formula is C31H43FN2O3. The minimum Gasteiger partial charge on any atom is -0.393 e. The summed E-state index contributed by atoms with van der Waals surface area (Å²) in [4.78, 5) is 9.16. The lowest BCUT2D eigenvalue weighted by atomic mass is 9.43. The molecule has 11 atom stereocenters. The van der Waals surface area contributed by atoms with Crippen LogP contribution >= 0.6 is 0 Å². The topological polar surface area (TPSA) is 86.5 Å². The maximum absolute atomic E-state index is 13.5. The molecule has 1 aromatic heterocycles. The minimum absolute atomic E-state index is 0.103. The lowest BCUT2D eigenvalue weighted by molar-refractivity contribution is -0.207. The quantitative estimate of drug-likeness (QED) is 0.520. The van der Waals surface area contributed by atoms with Gasteiger partial charge in [-0.1, -0.05) is 20.8 Å². The standard InChI is InChI=1S/C31H43FN2O3/c1-17(4-9-28-33-16-18-12-20(32)5-8-25(18)34-28)22-6-7-23-29-24(15-27(37)31(22,23)3)30(2)11-10-21(35)13-19(30)14-26(29)36/h5,8,12,16-17,19,21-24,26-27,29,35-37H,4,6-7,9-11,13-15H2,1-3H3/t17-,19+,21-,22-,23+,24?,26-,27+,29+,30+,31-/m1/s1. The molecule has 3 N–H and O–H groups in total. The maximum Gasteiger partial charge on any atom is 0.128 e. The third-order valence-corrected chi connectivity index (χ3v) is 11.9. The zero-order valence-corrected chi connectivity index (χ0v) is 22.5. The van der Waals surface area contributed by atoms with Crippen molar-refractivity contribution in [2.24, 2.45) is 46.3 Å². The molecule has 4 fully saturated rings. The fraction of sp³-hybridized carbons (Fsp3) is 0.742. The summed E-state index contributed by atoms with van der Waals surface area (Å²) < 4.78 is 13.5. The Morgan fingerprint density at radius 3 is 2.68 bits per heavy atom. The zero-order valence-electron chi connectivity index (χ0n) is 22.5. The minimum atomic E-state index is -0.366.